The fourth-order valence-electron chi connectivity index (χ4n) is 2.28. The molecule has 0 saturated heterocycles. The third-order valence-electron chi connectivity index (χ3n) is 3.45. The molecule has 1 aliphatic rings. The van der Waals surface area contributed by atoms with Crippen LogP contribution in [0.2, 0.25) is 0 Å². The van der Waals surface area contributed by atoms with Gasteiger partial charge in [-0.1, -0.05) is 29.8 Å². The summed E-state index contributed by atoms with van der Waals surface area (Å²) < 4.78 is 10.4. The van der Waals surface area contributed by atoms with Crippen LogP contribution in [-0.2, 0) is 14.3 Å². The van der Waals surface area contributed by atoms with Crippen molar-refractivity contribution in [2.24, 2.45) is 10.7 Å². The number of primary amides is 1. The van der Waals surface area contributed by atoms with Gasteiger partial charge in [0, 0.05) is 5.56 Å². The third-order valence-corrected chi connectivity index (χ3v) is 3.45. The molecule has 0 spiro atoms. The number of esters is 1. The maximum absolute atomic E-state index is 12.0. The van der Waals surface area contributed by atoms with E-state index >= 15 is 0 Å². The topological polar surface area (TPSA) is 91.0 Å². The number of nitrogens with zero attached hydrogens (tertiary/aromatic N) is 1. The molecule has 0 aliphatic carbocycles. The Bertz CT molecular complexity index is 883. The van der Waals surface area contributed by atoms with E-state index in [1.165, 1.54) is 0 Å². The van der Waals surface area contributed by atoms with Gasteiger partial charge in [0.1, 0.15) is 5.75 Å². The summed E-state index contributed by atoms with van der Waals surface area (Å²) in [4.78, 5) is 27.0. The summed E-state index contributed by atoms with van der Waals surface area (Å²) in [6.45, 7) is 1.77. The smallest absolute Gasteiger partial charge is 0.363 e. The van der Waals surface area contributed by atoms with Crippen molar-refractivity contribution in [3.63, 3.8) is 0 Å². The maximum atomic E-state index is 12.0. The SMILES string of the molecule is Cc1cccc(C2=N/C(=C\c3ccc(OCC(N)=O)cc3)C(=O)O2)c1. The molecule has 0 atom stereocenters. The van der Waals surface area contributed by atoms with Gasteiger partial charge in [-0.3, -0.25) is 4.79 Å². The zero-order chi connectivity index (χ0) is 17.8. The number of hydrogen-bond donors (Lipinski definition) is 1. The average molecular weight is 336 g/mol. The third kappa shape index (κ3) is 4.11. The number of ether oxygens (including phenoxy) is 2. The molecule has 1 amide bonds. The van der Waals surface area contributed by atoms with Crippen LogP contribution in [0.1, 0.15) is 16.7 Å². The normalized spacial score (nSPS) is 15.0. The number of benzene rings is 2. The molecule has 2 aromatic rings. The zero-order valence-corrected chi connectivity index (χ0v) is 13.6. The van der Waals surface area contributed by atoms with Crippen LogP contribution in [0.3, 0.4) is 0 Å². The summed E-state index contributed by atoms with van der Waals surface area (Å²) in [5.41, 5.74) is 7.82. The van der Waals surface area contributed by atoms with Crippen LogP contribution in [0.5, 0.6) is 5.75 Å². The summed E-state index contributed by atoms with van der Waals surface area (Å²) in [5, 5.41) is 0. The lowest BCUT2D eigenvalue weighted by Gasteiger charge is -2.03. The van der Waals surface area contributed by atoms with Crippen LogP contribution in [0.25, 0.3) is 6.08 Å². The van der Waals surface area contributed by atoms with Crippen molar-refractivity contribution in [2.75, 3.05) is 6.61 Å². The zero-order valence-electron chi connectivity index (χ0n) is 13.6. The van der Waals surface area contributed by atoms with Crippen LogP contribution in [0, 0.1) is 6.92 Å². The molecule has 6 heteroatoms. The quantitative estimate of drug-likeness (QED) is 0.669. The highest BCUT2D eigenvalue weighted by Gasteiger charge is 2.24. The van der Waals surface area contributed by atoms with Gasteiger partial charge in [-0.15, -0.1) is 0 Å². The average Bonchev–Trinajstić information content (AvgIpc) is 2.95. The molecule has 2 aromatic carbocycles. The van der Waals surface area contributed by atoms with Gasteiger partial charge in [-0.2, -0.15) is 0 Å². The van der Waals surface area contributed by atoms with Crippen molar-refractivity contribution in [3.8, 4) is 5.75 Å². The maximum Gasteiger partial charge on any atom is 0.363 e. The number of carbonyl (C=O) groups excluding carboxylic acids is 2. The van der Waals surface area contributed by atoms with Crippen molar-refractivity contribution in [1.82, 2.24) is 0 Å². The molecular formula is C19H16N2O4. The lowest BCUT2D eigenvalue weighted by Crippen LogP contribution is -2.19. The summed E-state index contributed by atoms with van der Waals surface area (Å²) in [7, 11) is 0. The van der Waals surface area contributed by atoms with Crippen molar-refractivity contribution < 1.29 is 19.1 Å². The van der Waals surface area contributed by atoms with E-state index in [2.05, 4.69) is 4.99 Å². The minimum Gasteiger partial charge on any atom is -0.484 e. The summed E-state index contributed by atoms with van der Waals surface area (Å²) in [6.07, 6.45) is 1.63. The van der Waals surface area contributed by atoms with E-state index in [1.54, 1.807) is 30.3 Å². The van der Waals surface area contributed by atoms with E-state index in [4.69, 9.17) is 15.2 Å². The van der Waals surface area contributed by atoms with E-state index in [9.17, 15) is 9.59 Å². The Morgan fingerprint density at radius 3 is 2.68 bits per heavy atom. The number of carbonyl (C=O) groups is 2. The predicted octanol–water partition coefficient (Wildman–Crippen LogP) is 2.20. The van der Waals surface area contributed by atoms with Gasteiger partial charge in [0.15, 0.2) is 12.3 Å². The summed E-state index contributed by atoms with van der Waals surface area (Å²) in [5.74, 6) is -0.233. The van der Waals surface area contributed by atoms with E-state index in [0.717, 1.165) is 16.7 Å². The van der Waals surface area contributed by atoms with Gasteiger partial charge in [0.05, 0.1) is 0 Å². The fraction of sp³-hybridized carbons (Fsp3) is 0.105. The minimum absolute atomic E-state index is 0.184. The number of hydrogen-bond acceptors (Lipinski definition) is 5. The molecule has 0 unspecified atom stereocenters. The Labute approximate surface area is 144 Å². The highest BCUT2D eigenvalue weighted by atomic mass is 16.6. The Morgan fingerprint density at radius 1 is 1.24 bits per heavy atom. The second-order valence-electron chi connectivity index (χ2n) is 5.53. The van der Waals surface area contributed by atoms with Gasteiger partial charge < -0.3 is 15.2 Å². The Balaban J connectivity index is 1.78. The first-order valence-corrected chi connectivity index (χ1v) is 7.62. The van der Waals surface area contributed by atoms with Crippen LogP contribution in [0.4, 0.5) is 0 Å². The van der Waals surface area contributed by atoms with Crippen LogP contribution in [0.15, 0.2) is 59.2 Å². The molecule has 6 nitrogen and oxygen atoms in total. The number of rotatable bonds is 5. The molecule has 0 aromatic heterocycles. The second kappa shape index (κ2) is 7.00. The van der Waals surface area contributed by atoms with Crippen LogP contribution in [-0.4, -0.2) is 24.4 Å². The fourth-order valence-corrected chi connectivity index (χ4v) is 2.28. The second-order valence-corrected chi connectivity index (χ2v) is 5.53. The van der Waals surface area contributed by atoms with Gasteiger partial charge in [0.25, 0.3) is 5.91 Å². The molecule has 25 heavy (non-hydrogen) atoms. The largest absolute Gasteiger partial charge is 0.484 e. The van der Waals surface area contributed by atoms with Crippen molar-refractivity contribution in [2.45, 2.75) is 6.92 Å². The first-order chi connectivity index (χ1) is 12.0. The highest BCUT2D eigenvalue weighted by Crippen LogP contribution is 2.21. The molecule has 0 radical (unpaired) electrons. The van der Waals surface area contributed by atoms with Gasteiger partial charge >= 0.3 is 5.97 Å². The monoisotopic (exact) mass is 336 g/mol. The minimum atomic E-state index is -0.544. The van der Waals surface area contributed by atoms with E-state index in [-0.39, 0.29) is 12.3 Å². The number of amides is 1. The van der Waals surface area contributed by atoms with Crippen molar-refractivity contribution in [3.05, 3.63) is 70.9 Å². The molecule has 1 heterocycles. The molecular weight excluding hydrogens is 320 g/mol. The molecule has 1 aliphatic heterocycles. The number of cyclic esters (lactones) is 1. The standard InChI is InChI=1S/C19H16N2O4/c1-12-3-2-4-14(9-12)18-21-16(19(23)25-18)10-13-5-7-15(8-6-13)24-11-17(20)22/h2-10H,11H2,1H3,(H2,20,22)/b16-10-. The van der Waals surface area contributed by atoms with E-state index in [1.807, 2.05) is 31.2 Å². The lowest BCUT2D eigenvalue weighted by molar-refractivity contribution is -0.130. The molecule has 3 rings (SSSR count). The molecule has 126 valence electrons. The van der Waals surface area contributed by atoms with Gasteiger partial charge in [-0.25, -0.2) is 9.79 Å². The highest BCUT2D eigenvalue weighted by molar-refractivity contribution is 6.12. The number of nitrogens with two attached hydrogens (primary N) is 1. The van der Waals surface area contributed by atoms with Crippen molar-refractivity contribution in [1.29, 1.82) is 0 Å². The Morgan fingerprint density at radius 2 is 2.00 bits per heavy atom. The predicted molar refractivity (Wildman–Crippen MR) is 92.9 cm³/mol. The lowest BCUT2D eigenvalue weighted by atomic mass is 10.1. The molecule has 0 bridgehead atoms. The van der Waals surface area contributed by atoms with E-state index < -0.39 is 11.9 Å². The number of aryl methyl sites for hydroxylation is 1. The summed E-state index contributed by atoms with van der Waals surface area (Å²) >= 11 is 0. The molecule has 2 N–H and O–H groups in total. The number of aliphatic imine (C=N–C) groups is 1. The van der Waals surface area contributed by atoms with Crippen LogP contribution < -0.4 is 10.5 Å². The first-order valence-electron chi connectivity index (χ1n) is 7.62. The van der Waals surface area contributed by atoms with Crippen LogP contribution >= 0.6 is 0 Å². The molecule has 0 saturated carbocycles. The van der Waals surface area contributed by atoms with Crippen molar-refractivity contribution >= 4 is 23.9 Å². The van der Waals surface area contributed by atoms with Gasteiger partial charge in [0.2, 0.25) is 5.90 Å². The first kappa shape index (κ1) is 16.4. The Hall–Kier alpha value is -3.41. The molecule has 0 fully saturated rings. The van der Waals surface area contributed by atoms with Gasteiger partial charge in [-0.05, 0) is 42.8 Å². The summed E-state index contributed by atoms with van der Waals surface area (Å²) in [6, 6.07) is 14.4. The Kier molecular flexibility index (Phi) is 4.61. The van der Waals surface area contributed by atoms with E-state index in [0.29, 0.717) is 11.6 Å².